The van der Waals surface area contributed by atoms with Crippen LogP contribution in [0.5, 0.6) is 0 Å². The first-order valence-corrected chi connectivity index (χ1v) is 5.61. The molecule has 0 aromatic rings. The molecule has 1 nitrogen and oxygen atoms in total. The molecule has 0 amide bonds. The molecule has 1 unspecified atom stereocenters. The van der Waals surface area contributed by atoms with Gasteiger partial charge in [0.1, 0.15) is 0 Å². The number of carbonyl (C=O) groups is 1. The molecule has 0 radical (unpaired) electrons. The average molecular weight is 216 g/mol. The Balaban J connectivity index is 2.98. The molecule has 1 aliphatic rings. The number of allylic oxidation sites excluding steroid dienone is 7. The highest BCUT2D eigenvalue weighted by atomic mass is 16.1. The van der Waals surface area contributed by atoms with Gasteiger partial charge in [-0.25, -0.2) is 0 Å². The minimum atomic E-state index is -0.382. The van der Waals surface area contributed by atoms with E-state index in [2.05, 4.69) is 18.7 Å². The predicted octanol–water partition coefficient (Wildman–Crippen LogP) is 3.99. The Morgan fingerprint density at radius 3 is 2.69 bits per heavy atom. The summed E-state index contributed by atoms with van der Waals surface area (Å²) < 4.78 is 0. The summed E-state index contributed by atoms with van der Waals surface area (Å²) in [5, 5.41) is 0. The number of Topliss-reactive ketones (excluding diaryl/α,β-unsaturated/α-hetero) is 1. The Morgan fingerprint density at radius 1 is 1.50 bits per heavy atom. The van der Waals surface area contributed by atoms with Gasteiger partial charge in [-0.1, -0.05) is 42.0 Å². The topological polar surface area (TPSA) is 17.1 Å². The van der Waals surface area contributed by atoms with Crippen molar-refractivity contribution in [1.29, 1.82) is 0 Å². The van der Waals surface area contributed by atoms with Crippen LogP contribution in [0, 0.1) is 5.41 Å². The van der Waals surface area contributed by atoms with Gasteiger partial charge in [0.2, 0.25) is 0 Å². The van der Waals surface area contributed by atoms with Gasteiger partial charge in [-0.2, -0.15) is 0 Å². The van der Waals surface area contributed by atoms with Crippen molar-refractivity contribution in [3.63, 3.8) is 0 Å². The molecule has 86 valence electrons. The van der Waals surface area contributed by atoms with Crippen LogP contribution in [-0.4, -0.2) is 5.78 Å². The molecule has 0 aromatic heterocycles. The minimum absolute atomic E-state index is 0.228. The van der Waals surface area contributed by atoms with Gasteiger partial charge in [0.25, 0.3) is 0 Å². The largest absolute Gasteiger partial charge is 0.294 e. The molecule has 16 heavy (non-hydrogen) atoms. The van der Waals surface area contributed by atoms with Crippen LogP contribution >= 0.6 is 0 Å². The Hall–Kier alpha value is -1.37. The summed E-state index contributed by atoms with van der Waals surface area (Å²) in [6.45, 7) is 11.7. The maximum atomic E-state index is 12.1. The third kappa shape index (κ3) is 2.60. The van der Waals surface area contributed by atoms with Crippen LogP contribution in [0.4, 0.5) is 0 Å². The van der Waals surface area contributed by atoms with Crippen molar-refractivity contribution in [2.75, 3.05) is 0 Å². The van der Waals surface area contributed by atoms with Gasteiger partial charge in [-0.05, 0) is 39.7 Å². The summed E-state index contributed by atoms with van der Waals surface area (Å²) in [5.41, 5.74) is 2.76. The van der Waals surface area contributed by atoms with Crippen molar-refractivity contribution in [1.82, 2.24) is 0 Å². The number of hydrogen-bond acceptors (Lipinski definition) is 1. The van der Waals surface area contributed by atoms with E-state index < -0.39 is 0 Å². The maximum Gasteiger partial charge on any atom is 0.168 e. The molecule has 0 saturated carbocycles. The maximum absolute atomic E-state index is 12.1. The van der Waals surface area contributed by atoms with Crippen LogP contribution in [0.1, 0.15) is 34.1 Å². The number of ketones is 1. The van der Waals surface area contributed by atoms with E-state index in [0.717, 1.165) is 17.6 Å². The normalized spacial score (nSPS) is 26.2. The second-order valence-corrected chi connectivity index (χ2v) is 4.82. The van der Waals surface area contributed by atoms with E-state index >= 15 is 0 Å². The second-order valence-electron chi connectivity index (χ2n) is 4.82. The Morgan fingerprint density at radius 2 is 2.12 bits per heavy atom. The molecule has 1 heteroatoms. The van der Waals surface area contributed by atoms with E-state index in [1.54, 1.807) is 0 Å². The highest BCUT2D eigenvalue weighted by Crippen LogP contribution is 2.34. The smallest absolute Gasteiger partial charge is 0.168 e. The molecule has 0 fully saturated rings. The average Bonchev–Trinajstić information content (AvgIpc) is 2.22. The summed E-state index contributed by atoms with van der Waals surface area (Å²) in [4.78, 5) is 12.1. The molecule has 0 N–H and O–H groups in total. The standard InChI is InChI=1S/C15H20O/c1-6-11(2)7-8-15(5)10-12(3)9-13(4)14(15)16/h6-7,9-10H,1,8H2,2-5H3/b11-7+. The fraction of sp³-hybridized carbons (Fsp3) is 0.400. The van der Waals surface area contributed by atoms with Gasteiger partial charge in [-0.3, -0.25) is 4.79 Å². The molecule has 1 rings (SSSR count). The van der Waals surface area contributed by atoms with E-state index in [1.165, 1.54) is 5.57 Å². The van der Waals surface area contributed by atoms with Crippen LogP contribution in [0.3, 0.4) is 0 Å². The number of hydrogen-bond donors (Lipinski definition) is 0. The van der Waals surface area contributed by atoms with E-state index in [9.17, 15) is 4.79 Å². The lowest BCUT2D eigenvalue weighted by Crippen LogP contribution is -2.28. The SMILES string of the molecule is C=C/C(C)=C/CC1(C)C=C(C)C=C(C)C1=O. The summed E-state index contributed by atoms with van der Waals surface area (Å²) in [6, 6.07) is 0. The van der Waals surface area contributed by atoms with Gasteiger partial charge in [0, 0.05) is 0 Å². The zero-order valence-corrected chi connectivity index (χ0v) is 10.6. The monoisotopic (exact) mass is 216 g/mol. The van der Waals surface area contributed by atoms with E-state index in [1.807, 2.05) is 39.8 Å². The third-order valence-corrected chi connectivity index (χ3v) is 3.04. The minimum Gasteiger partial charge on any atom is -0.294 e. The lowest BCUT2D eigenvalue weighted by Gasteiger charge is -2.27. The first-order chi connectivity index (χ1) is 7.39. The molecule has 0 aromatic carbocycles. The van der Waals surface area contributed by atoms with Crippen molar-refractivity contribution >= 4 is 5.78 Å². The zero-order chi connectivity index (χ0) is 12.3. The molecule has 0 heterocycles. The number of rotatable bonds is 3. The molecular weight excluding hydrogens is 196 g/mol. The van der Waals surface area contributed by atoms with Crippen LogP contribution in [0.25, 0.3) is 0 Å². The van der Waals surface area contributed by atoms with Gasteiger partial charge in [-0.15, -0.1) is 0 Å². The number of carbonyl (C=O) groups excluding carboxylic acids is 1. The zero-order valence-electron chi connectivity index (χ0n) is 10.6. The second kappa shape index (κ2) is 4.65. The molecule has 1 atom stereocenters. The predicted molar refractivity (Wildman–Crippen MR) is 69.2 cm³/mol. The molecule has 0 spiro atoms. The molecule has 1 aliphatic carbocycles. The quantitative estimate of drug-likeness (QED) is 0.652. The van der Waals surface area contributed by atoms with Gasteiger partial charge < -0.3 is 0 Å². The van der Waals surface area contributed by atoms with E-state index in [0.29, 0.717) is 0 Å². The van der Waals surface area contributed by atoms with Gasteiger partial charge in [0.15, 0.2) is 5.78 Å². The highest BCUT2D eigenvalue weighted by Gasteiger charge is 2.32. The van der Waals surface area contributed by atoms with E-state index in [-0.39, 0.29) is 11.2 Å². The molecule has 0 aliphatic heterocycles. The van der Waals surface area contributed by atoms with Crippen molar-refractivity contribution in [2.45, 2.75) is 34.1 Å². The van der Waals surface area contributed by atoms with Crippen LogP contribution in [-0.2, 0) is 4.79 Å². The third-order valence-electron chi connectivity index (χ3n) is 3.04. The van der Waals surface area contributed by atoms with Crippen LogP contribution in [0.2, 0.25) is 0 Å². The fourth-order valence-corrected chi connectivity index (χ4v) is 2.08. The molecular formula is C15H20O. The van der Waals surface area contributed by atoms with Crippen LogP contribution in [0.15, 0.2) is 47.6 Å². The van der Waals surface area contributed by atoms with Gasteiger partial charge >= 0.3 is 0 Å². The Kier molecular flexibility index (Phi) is 3.69. The van der Waals surface area contributed by atoms with Crippen molar-refractivity contribution in [3.05, 3.63) is 47.6 Å². The van der Waals surface area contributed by atoms with Crippen molar-refractivity contribution in [2.24, 2.45) is 5.41 Å². The highest BCUT2D eigenvalue weighted by molar-refractivity contribution is 6.02. The first-order valence-electron chi connectivity index (χ1n) is 5.61. The van der Waals surface area contributed by atoms with Gasteiger partial charge in [0.05, 0.1) is 5.41 Å². The lowest BCUT2D eigenvalue weighted by atomic mass is 9.74. The summed E-state index contributed by atoms with van der Waals surface area (Å²) in [7, 11) is 0. The Labute approximate surface area is 98.2 Å². The molecule has 0 saturated heterocycles. The summed E-state index contributed by atoms with van der Waals surface area (Å²) in [5.74, 6) is 0.228. The Bertz CT molecular complexity index is 407. The van der Waals surface area contributed by atoms with Crippen LogP contribution < -0.4 is 0 Å². The lowest BCUT2D eigenvalue weighted by molar-refractivity contribution is -0.121. The van der Waals surface area contributed by atoms with E-state index in [4.69, 9.17) is 0 Å². The summed E-state index contributed by atoms with van der Waals surface area (Å²) in [6.07, 6.45) is 8.65. The van der Waals surface area contributed by atoms with Crippen molar-refractivity contribution in [3.8, 4) is 0 Å². The van der Waals surface area contributed by atoms with Crippen molar-refractivity contribution < 1.29 is 4.79 Å². The fourth-order valence-electron chi connectivity index (χ4n) is 2.08. The molecule has 0 bridgehead atoms. The summed E-state index contributed by atoms with van der Waals surface area (Å²) >= 11 is 0. The first kappa shape index (κ1) is 12.7.